The highest BCUT2D eigenvalue weighted by Crippen LogP contribution is 2.30. The molecule has 1 aliphatic heterocycles. The van der Waals surface area contributed by atoms with Gasteiger partial charge in [-0.25, -0.2) is 9.99 Å². The Bertz CT molecular complexity index is 1180. The van der Waals surface area contributed by atoms with Crippen LogP contribution in [0.2, 0.25) is 0 Å². The third-order valence-electron chi connectivity index (χ3n) is 5.62. The van der Waals surface area contributed by atoms with Gasteiger partial charge in [-0.3, -0.25) is 9.59 Å². The van der Waals surface area contributed by atoms with Crippen LogP contribution < -0.4 is 5.56 Å². The van der Waals surface area contributed by atoms with E-state index in [0.717, 1.165) is 45.8 Å². The van der Waals surface area contributed by atoms with Crippen molar-refractivity contribution in [1.29, 1.82) is 0 Å². The summed E-state index contributed by atoms with van der Waals surface area (Å²) >= 11 is 2.81. The van der Waals surface area contributed by atoms with Crippen molar-refractivity contribution in [3.8, 4) is 0 Å². The molecule has 3 aromatic rings. The standard InChI is InChI=1S/C23H26N4O2S2/c1-4-14(2)12-17-15(3)31-22-20(17)21(29)24-23(25-22)30-13-19(28)27-11-10-18(26-27)16-8-6-5-7-9-16/h5-9,14H,4,10-13H2,1-3H3,(H,24,25,29). The summed E-state index contributed by atoms with van der Waals surface area (Å²) in [4.78, 5) is 34.8. The van der Waals surface area contributed by atoms with Gasteiger partial charge < -0.3 is 4.98 Å². The Morgan fingerprint density at radius 3 is 2.84 bits per heavy atom. The molecule has 0 saturated heterocycles. The summed E-state index contributed by atoms with van der Waals surface area (Å²) in [7, 11) is 0. The number of H-pyrrole nitrogens is 1. The maximum atomic E-state index is 12.8. The first kappa shape index (κ1) is 21.8. The number of aromatic nitrogens is 2. The molecule has 3 heterocycles. The van der Waals surface area contributed by atoms with Gasteiger partial charge in [0.05, 0.1) is 23.4 Å². The number of amides is 1. The SMILES string of the molecule is CCC(C)Cc1c(C)sc2nc(SCC(=O)N3CCC(c4ccccc4)=N3)[nH]c(=O)c12. The van der Waals surface area contributed by atoms with Crippen LogP contribution in [0.4, 0.5) is 0 Å². The van der Waals surface area contributed by atoms with Crippen molar-refractivity contribution in [2.75, 3.05) is 12.3 Å². The third-order valence-corrected chi connectivity index (χ3v) is 7.52. The molecule has 4 rings (SSSR count). The van der Waals surface area contributed by atoms with Crippen LogP contribution in [0, 0.1) is 12.8 Å². The molecule has 0 aliphatic carbocycles. The van der Waals surface area contributed by atoms with E-state index >= 15 is 0 Å². The fraction of sp³-hybridized carbons (Fsp3) is 0.391. The number of hydrazone groups is 1. The van der Waals surface area contributed by atoms with Crippen molar-refractivity contribution in [1.82, 2.24) is 15.0 Å². The van der Waals surface area contributed by atoms with E-state index in [1.54, 1.807) is 11.3 Å². The quantitative estimate of drug-likeness (QED) is 0.418. The highest BCUT2D eigenvalue weighted by molar-refractivity contribution is 7.99. The van der Waals surface area contributed by atoms with Gasteiger partial charge in [-0.05, 0) is 30.4 Å². The Morgan fingerprint density at radius 2 is 2.10 bits per heavy atom. The minimum Gasteiger partial charge on any atom is -0.301 e. The fourth-order valence-corrected chi connectivity index (χ4v) is 5.48. The number of thioether (sulfide) groups is 1. The Labute approximate surface area is 189 Å². The summed E-state index contributed by atoms with van der Waals surface area (Å²) in [6.45, 7) is 6.99. The summed E-state index contributed by atoms with van der Waals surface area (Å²) in [6.07, 6.45) is 2.70. The highest BCUT2D eigenvalue weighted by Gasteiger charge is 2.22. The zero-order valence-corrected chi connectivity index (χ0v) is 19.6. The average molecular weight is 455 g/mol. The molecular formula is C23H26N4O2S2. The summed E-state index contributed by atoms with van der Waals surface area (Å²) in [6, 6.07) is 9.91. The molecule has 1 aliphatic rings. The van der Waals surface area contributed by atoms with E-state index in [2.05, 4.69) is 35.8 Å². The molecule has 0 saturated carbocycles. The van der Waals surface area contributed by atoms with Crippen molar-refractivity contribution < 1.29 is 4.79 Å². The second kappa shape index (κ2) is 9.36. The topological polar surface area (TPSA) is 78.4 Å². The molecule has 0 radical (unpaired) electrons. The summed E-state index contributed by atoms with van der Waals surface area (Å²) in [5.41, 5.74) is 2.96. The summed E-state index contributed by atoms with van der Waals surface area (Å²) in [5.74, 6) is 0.618. The van der Waals surface area contributed by atoms with Crippen LogP contribution in [0.15, 0.2) is 45.4 Å². The largest absolute Gasteiger partial charge is 0.301 e. The molecule has 31 heavy (non-hydrogen) atoms. The minimum atomic E-state index is -0.117. The number of hydrogen-bond donors (Lipinski definition) is 1. The molecule has 1 unspecified atom stereocenters. The molecule has 2 aromatic heterocycles. The van der Waals surface area contributed by atoms with Crippen LogP contribution in [0.25, 0.3) is 10.2 Å². The van der Waals surface area contributed by atoms with E-state index in [9.17, 15) is 9.59 Å². The van der Waals surface area contributed by atoms with Gasteiger partial charge >= 0.3 is 0 Å². The van der Waals surface area contributed by atoms with Crippen LogP contribution >= 0.6 is 23.1 Å². The zero-order valence-electron chi connectivity index (χ0n) is 18.0. The third kappa shape index (κ3) is 4.75. The molecule has 1 N–H and O–H groups in total. The lowest BCUT2D eigenvalue weighted by atomic mass is 9.98. The van der Waals surface area contributed by atoms with Gasteiger partial charge in [-0.2, -0.15) is 5.10 Å². The smallest absolute Gasteiger partial charge is 0.260 e. The maximum Gasteiger partial charge on any atom is 0.260 e. The first-order valence-corrected chi connectivity index (χ1v) is 12.3. The van der Waals surface area contributed by atoms with E-state index in [-0.39, 0.29) is 17.2 Å². The van der Waals surface area contributed by atoms with Gasteiger partial charge in [0.25, 0.3) is 11.5 Å². The van der Waals surface area contributed by atoms with Crippen LogP contribution in [0.3, 0.4) is 0 Å². The van der Waals surface area contributed by atoms with Crippen molar-refractivity contribution in [2.45, 2.75) is 45.2 Å². The van der Waals surface area contributed by atoms with Crippen LogP contribution in [0.1, 0.15) is 42.7 Å². The molecule has 8 heteroatoms. The van der Waals surface area contributed by atoms with E-state index in [4.69, 9.17) is 0 Å². The molecule has 6 nitrogen and oxygen atoms in total. The molecule has 1 amide bonds. The highest BCUT2D eigenvalue weighted by atomic mass is 32.2. The van der Waals surface area contributed by atoms with E-state index in [0.29, 0.717) is 23.0 Å². The van der Waals surface area contributed by atoms with Gasteiger partial charge in [0.1, 0.15) is 4.83 Å². The molecule has 1 aromatic carbocycles. The van der Waals surface area contributed by atoms with Crippen LogP contribution in [-0.4, -0.2) is 38.9 Å². The second-order valence-electron chi connectivity index (χ2n) is 7.87. The lowest BCUT2D eigenvalue weighted by Crippen LogP contribution is -2.25. The molecule has 0 spiro atoms. The van der Waals surface area contributed by atoms with Crippen molar-refractivity contribution in [2.24, 2.45) is 11.0 Å². The van der Waals surface area contributed by atoms with E-state index in [1.807, 2.05) is 30.3 Å². The van der Waals surface area contributed by atoms with Crippen molar-refractivity contribution >= 4 is 44.9 Å². The normalized spacial score (nSPS) is 14.8. The Hall–Kier alpha value is -2.45. The van der Waals surface area contributed by atoms with Gasteiger partial charge in [0, 0.05) is 11.3 Å². The maximum absolute atomic E-state index is 12.8. The molecular weight excluding hydrogens is 428 g/mol. The monoisotopic (exact) mass is 454 g/mol. The molecule has 0 fully saturated rings. The van der Waals surface area contributed by atoms with Gasteiger partial charge in [0.2, 0.25) is 0 Å². The van der Waals surface area contributed by atoms with Crippen molar-refractivity contribution in [3.05, 3.63) is 56.7 Å². The number of fused-ring (bicyclic) bond motifs is 1. The molecule has 162 valence electrons. The first-order valence-electron chi connectivity index (χ1n) is 10.5. The average Bonchev–Trinajstić information content (AvgIpc) is 3.38. The van der Waals surface area contributed by atoms with E-state index in [1.165, 1.54) is 16.8 Å². The zero-order chi connectivity index (χ0) is 22.0. The van der Waals surface area contributed by atoms with Gasteiger partial charge in [0.15, 0.2) is 5.16 Å². The number of nitrogens with one attached hydrogen (secondary N) is 1. The second-order valence-corrected chi connectivity index (χ2v) is 10.0. The Kier molecular flexibility index (Phi) is 6.57. The van der Waals surface area contributed by atoms with Gasteiger partial charge in [-0.15, -0.1) is 11.3 Å². The number of hydrogen-bond acceptors (Lipinski definition) is 6. The summed E-state index contributed by atoms with van der Waals surface area (Å²) in [5, 5.41) is 7.19. The number of aromatic amines is 1. The van der Waals surface area contributed by atoms with Crippen molar-refractivity contribution in [3.63, 3.8) is 0 Å². The number of carbonyl (C=O) groups is 1. The molecule has 1 atom stereocenters. The van der Waals surface area contributed by atoms with Crippen LogP contribution in [0.5, 0.6) is 0 Å². The fourth-order valence-electron chi connectivity index (χ4n) is 3.64. The summed E-state index contributed by atoms with van der Waals surface area (Å²) < 4.78 is 0. The number of thiophene rings is 1. The predicted molar refractivity (Wildman–Crippen MR) is 128 cm³/mol. The van der Waals surface area contributed by atoms with E-state index < -0.39 is 0 Å². The minimum absolute atomic E-state index is 0.0847. The first-order chi connectivity index (χ1) is 15.0. The number of carbonyl (C=O) groups excluding carboxylic acids is 1. The lowest BCUT2D eigenvalue weighted by molar-refractivity contribution is -0.127. The number of rotatable bonds is 7. The lowest BCUT2D eigenvalue weighted by Gasteiger charge is -2.10. The Morgan fingerprint density at radius 1 is 1.32 bits per heavy atom. The number of aryl methyl sites for hydroxylation is 1. The Balaban J connectivity index is 1.46. The predicted octanol–water partition coefficient (Wildman–Crippen LogP) is 4.61. The number of nitrogens with zero attached hydrogens (tertiary/aromatic N) is 3. The van der Waals surface area contributed by atoms with Gasteiger partial charge in [-0.1, -0.05) is 62.4 Å². The van der Waals surface area contributed by atoms with Crippen LogP contribution in [-0.2, 0) is 11.2 Å². The molecule has 0 bridgehead atoms. The number of benzene rings is 1.